The fourth-order valence-electron chi connectivity index (χ4n) is 2.97. The normalized spacial score (nSPS) is 12.4. The Morgan fingerprint density at radius 1 is 1.10 bits per heavy atom. The lowest BCUT2D eigenvalue weighted by Gasteiger charge is -2.19. The predicted octanol–water partition coefficient (Wildman–Crippen LogP) is 3.22. The highest BCUT2D eigenvalue weighted by Gasteiger charge is 2.22. The van der Waals surface area contributed by atoms with E-state index in [1.807, 2.05) is 6.07 Å². The van der Waals surface area contributed by atoms with Crippen LogP contribution in [0.2, 0.25) is 0 Å². The summed E-state index contributed by atoms with van der Waals surface area (Å²) in [7, 11) is -3.56. The Morgan fingerprint density at radius 2 is 1.73 bits per heavy atom. The molecule has 30 heavy (non-hydrogen) atoms. The maximum Gasteiger partial charge on any atom is 0.312 e. The quantitative estimate of drug-likeness (QED) is 0.493. The number of rotatable bonds is 9. The van der Waals surface area contributed by atoms with Crippen molar-refractivity contribution >= 4 is 43.6 Å². The number of urea groups is 1. The van der Waals surface area contributed by atoms with Gasteiger partial charge < -0.3 is 16.4 Å². The van der Waals surface area contributed by atoms with E-state index in [2.05, 4.69) is 26.6 Å². The van der Waals surface area contributed by atoms with Crippen molar-refractivity contribution in [3.05, 3.63) is 58.6 Å². The Kier molecular flexibility index (Phi) is 8.39. The number of nitrogens with two attached hydrogens (primary N) is 1. The van der Waals surface area contributed by atoms with E-state index in [0.717, 1.165) is 10.0 Å². The van der Waals surface area contributed by atoms with Gasteiger partial charge in [-0.1, -0.05) is 41.9 Å². The number of primary amides is 1. The SMILES string of the molecule is CCN(CC)S(=O)(=O)c1ccc(NC(=O)CC(NC(N)=O)c2cccc(Br)c2)cc1. The molecule has 2 aromatic carbocycles. The number of nitrogens with one attached hydrogen (secondary N) is 2. The van der Waals surface area contributed by atoms with E-state index in [9.17, 15) is 18.0 Å². The zero-order valence-electron chi connectivity index (χ0n) is 16.8. The van der Waals surface area contributed by atoms with Crippen molar-refractivity contribution in [1.29, 1.82) is 0 Å². The van der Waals surface area contributed by atoms with E-state index in [1.54, 1.807) is 32.0 Å². The van der Waals surface area contributed by atoms with Crippen LogP contribution in [0.5, 0.6) is 0 Å². The third kappa shape index (κ3) is 6.28. The monoisotopic (exact) mass is 496 g/mol. The summed E-state index contributed by atoms with van der Waals surface area (Å²) in [5.74, 6) is -0.354. The first-order valence-electron chi connectivity index (χ1n) is 9.38. The van der Waals surface area contributed by atoms with Gasteiger partial charge in [-0.3, -0.25) is 4.79 Å². The van der Waals surface area contributed by atoms with Gasteiger partial charge in [-0.05, 0) is 42.0 Å². The zero-order chi connectivity index (χ0) is 22.3. The molecule has 3 amide bonds. The summed E-state index contributed by atoms with van der Waals surface area (Å²) < 4.78 is 27.3. The van der Waals surface area contributed by atoms with E-state index in [0.29, 0.717) is 18.8 Å². The predicted molar refractivity (Wildman–Crippen MR) is 119 cm³/mol. The lowest BCUT2D eigenvalue weighted by atomic mass is 10.0. The summed E-state index contributed by atoms with van der Waals surface area (Å²) in [4.78, 5) is 24.0. The average Bonchev–Trinajstić information content (AvgIpc) is 2.68. The molecule has 0 spiro atoms. The number of carbonyl (C=O) groups excluding carboxylic acids is 2. The van der Waals surface area contributed by atoms with Gasteiger partial charge in [-0.15, -0.1) is 0 Å². The van der Waals surface area contributed by atoms with Crippen LogP contribution in [-0.4, -0.2) is 37.8 Å². The lowest BCUT2D eigenvalue weighted by molar-refractivity contribution is -0.116. The second kappa shape index (κ2) is 10.6. The summed E-state index contributed by atoms with van der Waals surface area (Å²) in [6, 6.07) is 11.8. The number of anilines is 1. The lowest BCUT2D eigenvalue weighted by Crippen LogP contribution is -2.35. The Bertz CT molecular complexity index is 992. The Labute approximate surface area is 185 Å². The molecular weight excluding hydrogens is 472 g/mol. The number of carbonyl (C=O) groups is 2. The Hall–Kier alpha value is -2.43. The first-order valence-corrected chi connectivity index (χ1v) is 11.6. The molecule has 8 nitrogen and oxygen atoms in total. The van der Waals surface area contributed by atoms with Gasteiger partial charge in [0.2, 0.25) is 15.9 Å². The van der Waals surface area contributed by atoms with Crippen molar-refractivity contribution in [2.45, 2.75) is 31.2 Å². The molecule has 0 aliphatic carbocycles. The van der Waals surface area contributed by atoms with Crippen LogP contribution in [0.4, 0.5) is 10.5 Å². The molecule has 2 rings (SSSR count). The molecule has 0 heterocycles. The zero-order valence-corrected chi connectivity index (χ0v) is 19.2. The number of sulfonamides is 1. The van der Waals surface area contributed by atoms with Crippen molar-refractivity contribution in [2.24, 2.45) is 5.73 Å². The van der Waals surface area contributed by atoms with Gasteiger partial charge in [0.25, 0.3) is 0 Å². The molecule has 10 heteroatoms. The van der Waals surface area contributed by atoms with Crippen LogP contribution in [0.1, 0.15) is 31.9 Å². The third-order valence-electron chi connectivity index (χ3n) is 4.44. The first-order chi connectivity index (χ1) is 14.2. The second-order valence-corrected chi connectivity index (χ2v) is 9.34. The highest BCUT2D eigenvalue weighted by atomic mass is 79.9. The topological polar surface area (TPSA) is 122 Å². The van der Waals surface area contributed by atoms with Gasteiger partial charge in [0.05, 0.1) is 17.4 Å². The van der Waals surface area contributed by atoms with Gasteiger partial charge in [-0.2, -0.15) is 4.31 Å². The molecule has 162 valence electrons. The molecule has 0 fully saturated rings. The minimum atomic E-state index is -3.56. The van der Waals surface area contributed by atoms with Crippen LogP contribution < -0.4 is 16.4 Å². The van der Waals surface area contributed by atoms with Crippen molar-refractivity contribution in [1.82, 2.24) is 9.62 Å². The fourth-order valence-corrected chi connectivity index (χ4v) is 4.84. The van der Waals surface area contributed by atoms with Crippen LogP contribution in [0.3, 0.4) is 0 Å². The Morgan fingerprint density at radius 3 is 2.27 bits per heavy atom. The maximum atomic E-state index is 12.5. The standard InChI is InChI=1S/C20H25BrN4O4S/c1-3-25(4-2)30(28,29)17-10-8-16(9-11-17)23-19(26)13-18(24-20(22)27)14-6-5-7-15(21)12-14/h5-12,18H,3-4,13H2,1-2H3,(H,23,26)(H3,22,24,27). The molecule has 2 aromatic rings. The van der Waals surface area contributed by atoms with E-state index in [-0.39, 0.29) is 17.2 Å². The number of benzene rings is 2. The van der Waals surface area contributed by atoms with Gasteiger partial charge in [0.1, 0.15) is 0 Å². The van der Waals surface area contributed by atoms with Crippen LogP contribution in [0, 0.1) is 0 Å². The smallest absolute Gasteiger partial charge is 0.312 e. The van der Waals surface area contributed by atoms with Gasteiger partial charge >= 0.3 is 6.03 Å². The highest BCUT2D eigenvalue weighted by Crippen LogP contribution is 2.22. The average molecular weight is 497 g/mol. The molecule has 1 unspecified atom stereocenters. The Balaban J connectivity index is 2.11. The van der Waals surface area contributed by atoms with E-state index in [1.165, 1.54) is 28.6 Å². The summed E-state index contributed by atoms with van der Waals surface area (Å²) in [6.07, 6.45) is -0.0428. The number of hydrogen-bond donors (Lipinski definition) is 3. The number of nitrogens with zero attached hydrogens (tertiary/aromatic N) is 1. The van der Waals surface area contributed by atoms with Crippen LogP contribution in [0.25, 0.3) is 0 Å². The summed E-state index contributed by atoms with van der Waals surface area (Å²) >= 11 is 3.36. The number of halogens is 1. The van der Waals surface area contributed by atoms with Crippen LogP contribution >= 0.6 is 15.9 Å². The van der Waals surface area contributed by atoms with E-state index >= 15 is 0 Å². The van der Waals surface area contributed by atoms with Crippen LogP contribution in [-0.2, 0) is 14.8 Å². The third-order valence-corrected chi connectivity index (χ3v) is 7.00. The molecule has 0 radical (unpaired) electrons. The molecule has 0 aliphatic heterocycles. The molecule has 0 saturated heterocycles. The van der Waals surface area contributed by atoms with Crippen molar-refractivity contribution in [3.63, 3.8) is 0 Å². The van der Waals surface area contributed by atoms with Crippen LogP contribution in [0.15, 0.2) is 57.9 Å². The van der Waals surface area contributed by atoms with E-state index in [4.69, 9.17) is 5.73 Å². The fraction of sp³-hybridized carbons (Fsp3) is 0.300. The van der Waals surface area contributed by atoms with Gasteiger partial charge in [0.15, 0.2) is 0 Å². The molecule has 0 bridgehead atoms. The summed E-state index contributed by atoms with van der Waals surface area (Å²) in [5.41, 5.74) is 6.42. The first kappa shape index (κ1) is 23.8. The van der Waals surface area contributed by atoms with E-state index < -0.39 is 22.1 Å². The molecular formula is C20H25BrN4O4S. The van der Waals surface area contributed by atoms with Crippen molar-refractivity contribution in [2.75, 3.05) is 18.4 Å². The largest absolute Gasteiger partial charge is 0.352 e. The summed E-state index contributed by atoms with van der Waals surface area (Å²) in [5, 5.41) is 5.28. The number of amides is 3. The summed E-state index contributed by atoms with van der Waals surface area (Å²) in [6.45, 7) is 4.30. The molecule has 4 N–H and O–H groups in total. The van der Waals surface area contributed by atoms with Crippen molar-refractivity contribution < 1.29 is 18.0 Å². The molecule has 1 atom stereocenters. The molecule has 0 aromatic heterocycles. The maximum absolute atomic E-state index is 12.5. The number of hydrogen-bond acceptors (Lipinski definition) is 4. The van der Waals surface area contributed by atoms with Gasteiger partial charge in [-0.25, -0.2) is 13.2 Å². The van der Waals surface area contributed by atoms with Crippen molar-refractivity contribution in [3.8, 4) is 0 Å². The van der Waals surface area contributed by atoms with Gasteiger partial charge in [0, 0.05) is 23.2 Å². The second-order valence-electron chi connectivity index (χ2n) is 6.48. The molecule has 0 saturated carbocycles. The molecule has 0 aliphatic rings. The minimum absolute atomic E-state index is 0.0428. The highest BCUT2D eigenvalue weighted by molar-refractivity contribution is 9.10. The minimum Gasteiger partial charge on any atom is -0.352 e.